The number of aromatic hydroxyl groups is 1. The molecule has 0 radical (unpaired) electrons. The predicted molar refractivity (Wildman–Crippen MR) is 172 cm³/mol. The largest absolute Gasteiger partial charge is 0.507 e. The van der Waals surface area contributed by atoms with Crippen molar-refractivity contribution < 1.29 is 14.3 Å². The molecule has 6 rings (SSSR count). The first-order chi connectivity index (χ1) is 20.6. The fourth-order valence-corrected chi connectivity index (χ4v) is 6.10. The first-order valence-electron chi connectivity index (χ1n) is 15.5. The number of unbranched alkanes of at least 4 members (excludes halogenated alkanes) is 3. The SMILES string of the molecule is CCCCCCc1ccc2c(c1)Oc1ccccc1N2c1ccc(-c2nc3cc(C(CC)CCC)ccc3o2)c(O)c1. The van der Waals surface area contributed by atoms with Gasteiger partial charge in [-0.15, -0.1) is 0 Å². The second kappa shape index (κ2) is 12.3. The molecule has 0 spiro atoms. The highest BCUT2D eigenvalue weighted by Gasteiger charge is 2.27. The summed E-state index contributed by atoms with van der Waals surface area (Å²) in [4.78, 5) is 6.93. The van der Waals surface area contributed by atoms with Crippen molar-refractivity contribution in [3.05, 3.63) is 90.0 Å². The fourth-order valence-electron chi connectivity index (χ4n) is 6.10. The van der Waals surface area contributed by atoms with Gasteiger partial charge in [-0.3, -0.25) is 0 Å². The van der Waals surface area contributed by atoms with Crippen LogP contribution in [0.3, 0.4) is 0 Å². The van der Waals surface area contributed by atoms with E-state index >= 15 is 0 Å². The number of oxazole rings is 1. The van der Waals surface area contributed by atoms with Gasteiger partial charge in [0, 0.05) is 6.07 Å². The standard InChI is InChI=1S/C37H40N2O3/c1-4-7-8-9-13-25-16-20-32-36(22-25)41-35-15-11-10-14-31(35)39(32)28-18-19-29(33(40)24-28)37-38-30-23-27(17-21-34(30)42-37)26(6-3)12-5-2/h10-11,14-24,26,40H,4-9,12-13H2,1-3H3. The van der Waals surface area contributed by atoms with Crippen molar-refractivity contribution in [3.63, 3.8) is 0 Å². The summed E-state index contributed by atoms with van der Waals surface area (Å²) in [5, 5.41) is 11.3. The van der Waals surface area contributed by atoms with E-state index in [0.29, 0.717) is 17.4 Å². The van der Waals surface area contributed by atoms with Gasteiger partial charge < -0.3 is 19.2 Å². The molecule has 5 aromatic rings. The van der Waals surface area contributed by atoms with Crippen LogP contribution in [0.4, 0.5) is 17.1 Å². The zero-order valence-electron chi connectivity index (χ0n) is 24.9. The highest BCUT2D eigenvalue weighted by Crippen LogP contribution is 2.51. The molecule has 0 amide bonds. The van der Waals surface area contributed by atoms with Crippen molar-refractivity contribution in [1.29, 1.82) is 0 Å². The Hall–Kier alpha value is -4.25. The van der Waals surface area contributed by atoms with Gasteiger partial charge in [-0.25, -0.2) is 4.98 Å². The zero-order chi connectivity index (χ0) is 29.1. The van der Waals surface area contributed by atoms with E-state index in [4.69, 9.17) is 14.1 Å². The van der Waals surface area contributed by atoms with Crippen LogP contribution >= 0.6 is 0 Å². The number of hydrogen-bond acceptors (Lipinski definition) is 5. The van der Waals surface area contributed by atoms with Gasteiger partial charge in [-0.1, -0.05) is 70.7 Å². The van der Waals surface area contributed by atoms with Gasteiger partial charge in [-0.05, 0) is 91.3 Å². The number of benzene rings is 4. The van der Waals surface area contributed by atoms with Gasteiger partial charge in [0.05, 0.1) is 22.6 Å². The third kappa shape index (κ3) is 5.48. The number of aryl methyl sites for hydroxylation is 1. The van der Waals surface area contributed by atoms with Crippen LogP contribution in [0.2, 0.25) is 0 Å². The molecule has 5 nitrogen and oxygen atoms in total. The molecule has 0 saturated carbocycles. The number of para-hydroxylation sites is 2. The van der Waals surface area contributed by atoms with E-state index in [0.717, 1.165) is 65.3 Å². The van der Waals surface area contributed by atoms with Crippen LogP contribution in [0.15, 0.2) is 83.3 Å². The molecule has 2 heterocycles. The maximum absolute atomic E-state index is 11.3. The smallest absolute Gasteiger partial charge is 0.231 e. The summed E-state index contributed by atoms with van der Waals surface area (Å²) in [6.07, 6.45) is 9.37. The number of phenolic OH excluding ortho intramolecular Hbond substituents is 1. The second-order valence-corrected chi connectivity index (χ2v) is 11.4. The van der Waals surface area contributed by atoms with Crippen LogP contribution in [-0.2, 0) is 6.42 Å². The average molecular weight is 561 g/mol. The molecule has 216 valence electrons. The molecule has 5 heteroatoms. The van der Waals surface area contributed by atoms with Gasteiger partial charge in [0.15, 0.2) is 17.1 Å². The molecule has 0 saturated heterocycles. The molecular weight excluding hydrogens is 520 g/mol. The van der Waals surface area contributed by atoms with Crippen molar-refractivity contribution in [3.8, 4) is 28.7 Å². The van der Waals surface area contributed by atoms with Crippen LogP contribution in [-0.4, -0.2) is 10.1 Å². The van der Waals surface area contributed by atoms with Crippen molar-refractivity contribution in [2.75, 3.05) is 4.90 Å². The third-order valence-corrected chi connectivity index (χ3v) is 8.39. The fraction of sp³-hybridized carbons (Fsp3) is 0.324. The summed E-state index contributed by atoms with van der Waals surface area (Å²) in [7, 11) is 0. The lowest BCUT2D eigenvalue weighted by atomic mass is 9.92. The summed E-state index contributed by atoms with van der Waals surface area (Å²) in [6, 6.07) is 26.5. The van der Waals surface area contributed by atoms with Crippen LogP contribution in [0.1, 0.15) is 82.8 Å². The minimum Gasteiger partial charge on any atom is -0.507 e. The van der Waals surface area contributed by atoms with Crippen LogP contribution in [0.5, 0.6) is 17.2 Å². The van der Waals surface area contributed by atoms with Crippen LogP contribution in [0, 0.1) is 0 Å². The Balaban J connectivity index is 1.32. The number of ether oxygens (including phenoxy) is 1. The lowest BCUT2D eigenvalue weighted by Gasteiger charge is -2.33. The minimum atomic E-state index is 0.120. The number of hydrogen-bond donors (Lipinski definition) is 1. The molecule has 1 unspecified atom stereocenters. The van der Waals surface area contributed by atoms with Crippen molar-refractivity contribution in [2.24, 2.45) is 0 Å². The van der Waals surface area contributed by atoms with E-state index in [-0.39, 0.29) is 5.75 Å². The highest BCUT2D eigenvalue weighted by molar-refractivity contribution is 5.88. The van der Waals surface area contributed by atoms with Crippen LogP contribution in [0.25, 0.3) is 22.6 Å². The molecule has 1 N–H and O–H groups in total. The number of rotatable bonds is 11. The van der Waals surface area contributed by atoms with E-state index in [1.54, 1.807) is 6.07 Å². The van der Waals surface area contributed by atoms with Crippen molar-refractivity contribution in [1.82, 2.24) is 4.98 Å². The Labute approximate surface area is 248 Å². The predicted octanol–water partition coefficient (Wildman–Crippen LogP) is 11.2. The molecule has 42 heavy (non-hydrogen) atoms. The quantitative estimate of drug-likeness (QED) is 0.160. The number of aromatic nitrogens is 1. The first-order valence-corrected chi connectivity index (χ1v) is 15.5. The molecule has 4 aromatic carbocycles. The minimum absolute atomic E-state index is 0.120. The lowest BCUT2D eigenvalue weighted by molar-refractivity contribution is 0.472. The number of nitrogens with zero attached hydrogens (tertiary/aromatic N) is 2. The monoisotopic (exact) mass is 560 g/mol. The molecule has 0 aliphatic carbocycles. The molecule has 0 fully saturated rings. The number of anilines is 3. The van der Waals surface area contributed by atoms with Gasteiger partial charge >= 0.3 is 0 Å². The molecule has 0 bridgehead atoms. The van der Waals surface area contributed by atoms with E-state index in [1.165, 1.54) is 36.8 Å². The van der Waals surface area contributed by atoms with E-state index in [2.05, 4.69) is 56.0 Å². The Morgan fingerprint density at radius 1 is 0.810 bits per heavy atom. The Bertz CT molecular complexity index is 1690. The van der Waals surface area contributed by atoms with Crippen molar-refractivity contribution in [2.45, 2.75) is 78.1 Å². The summed E-state index contributed by atoms with van der Waals surface area (Å²) in [6.45, 7) is 6.70. The third-order valence-electron chi connectivity index (χ3n) is 8.39. The molecule has 1 aliphatic heterocycles. The maximum atomic E-state index is 11.3. The van der Waals surface area contributed by atoms with E-state index in [9.17, 15) is 5.11 Å². The highest BCUT2D eigenvalue weighted by atomic mass is 16.5. The average Bonchev–Trinajstić information content (AvgIpc) is 3.44. The Morgan fingerprint density at radius 3 is 2.48 bits per heavy atom. The Kier molecular flexibility index (Phi) is 8.18. The van der Waals surface area contributed by atoms with Gasteiger partial charge in [-0.2, -0.15) is 0 Å². The van der Waals surface area contributed by atoms with Crippen molar-refractivity contribution >= 4 is 28.2 Å². The van der Waals surface area contributed by atoms with Gasteiger partial charge in [0.2, 0.25) is 5.89 Å². The van der Waals surface area contributed by atoms with E-state index < -0.39 is 0 Å². The molecule has 1 aromatic heterocycles. The second-order valence-electron chi connectivity index (χ2n) is 11.4. The summed E-state index contributed by atoms with van der Waals surface area (Å²) in [5.41, 5.74) is 7.41. The summed E-state index contributed by atoms with van der Waals surface area (Å²) >= 11 is 0. The van der Waals surface area contributed by atoms with Crippen LogP contribution < -0.4 is 9.64 Å². The lowest BCUT2D eigenvalue weighted by Crippen LogP contribution is -2.16. The first kappa shape index (κ1) is 27.9. The topological polar surface area (TPSA) is 58.7 Å². The zero-order valence-corrected chi connectivity index (χ0v) is 24.9. The Morgan fingerprint density at radius 2 is 1.67 bits per heavy atom. The van der Waals surface area contributed by atoms with Gasteiger partial charge in [0.1, 0.15) is 11.3 Å². The molecule has 1 aliphatic rings. The van der Waals surface area contributed by atoms with E-state index in [1.807, 2.05) is 42.5 Å². The molecule has 1 atom stereocenters. The van der Waals surface area contributed by atoms with Gasteiger partial charge in [0.25, 0.3) is 0 Å². The summed E-state index contributed by atoms with van der Waals surface area (Å²) < 4.78 is 12.5. The normalized spacial score (nSPS) is 13.1. The number of phenols is 1. The maximum Gasteiger partial charge on any atom is 0.231 e. The molecular formula is C37H40N2O3. The summed E-state index contributed by atoms with van der Waals surface area (Å²) in [5.74, 6) is 2.68. The number of fused-ring (bicyclic) bond motifs is 3.